The summed E-state index contributed by atoms with van der Waals surface area (Å²) < 4.78 is 23.6. The first kappa shape index (κ1) is 17.4. The first-order valence-electron chi connectivity index (χ1n) is 6.83. The summed E-state index contributed by atoms with van der Waals surface area (Å²) in [6.07, 6.45) is 1.03. The molecule has 0 radical (unpaired) electrons. The van der Waals surface area contributed by atoms with E-state index in [-0.39, 0.29) is 22.7 Å². The molecule has 1 aromatic heterocycles. The number of rotatable bonds is 2. The van der Waals surface area contributed by atoms with Crippen LogP contribution in [0.25, 0.3) is 10.9 Å². The fraction of sp³-hybridized carbons (Fsp3) is 0.0625. The molecule has 4 N–H and O–H groups in total. The molecule has 0 fully saturated rings. The second-order valence-corrected chi connectivity index (χ2v) is 6.70. The van der Waals surface area contributed by atoms with Gasteiger partial charge in [-0.05, 0) is 24.3 Å². The summed E-state index contributed by atoms with van der Waals surface area (Å²) in [5.41, 5.74) is 0.481. The van der Waals surface area contributed by atoms with Gasteiger partial charge >= 0.3 is 0 Å². The van der Waals surface area contributed by atoms with Crippen LogP contribution in [0.5, 0.6) is 11.5 Å². The second-order valence-electron chi connectivity index (χ2n) is 4.96. The maximum Gasteiger partial charge on any atom is 0.248 e. The molecule has 7 nitrogen and oxygen atoms in total. The number of phenolic OH excluding ortho intramolecular Hbond substituents is 2. The molecular weight excluding hydrogens is 332 g/mol. The minimum atomic E-state index is -3.31. The Hall–Kier alpha value is -3.00. The van der Waals surface area contributed by atoms with Crippen molar-refractivity contribution < 1.29 is 18.6 Å². The van der Waals surface area contributed by atoms with Crippen molar-refractivity contribution in [2.24, 2.45) is 0 Å². The van der Waals surface area contributed by atoms with Gasteiger partial charge < -0.3 is 15.2 Å². The molecule has 0 spiro atoms. The molecule has 126 valence electrons. The normalized spacial score (nSPS) is 10.7. The van der Waals surface area contributed by atoms with Crippen molar-refractivity contribution in [3.8, 4) is 11.5 Å². The number of aromatic nitrogens is 1. The zero-order valence-corrected chi connectivity index (χ0v) is 13.5. The molecule has 0 aliphatic rings. The van der Waals surface area contributed by atoms with E-state index in [0.29, 0.717) is 5.52 Å². The van der Waals surface area contributed by atoms with Gasteiger partial charge in [0.15, 0.2) is 0 Å². The highest BCUT2D eigenvalue weighted by Crippen LogP contribution is 2.22. The van der Waals surface area contributed by atoms with Crippen molar-refractivity contribution in [3.63, 3.8) is 0 Å². The van der Waals surface area contributed by atoms with Gasteiger partial charge in [-0.3, -0.25) is 9.52 Å². The van der Waals surface area contributed by atoms with Gasteiger partial charge in [-0.1, -0.05) is 24.3 Å². The Bertz CT molecular complexity index is 1010. The van der Waals surface area contributed by atoms with Crippen LogP contribution in [0.15, 0.2) is 59.4 Å². The summed E-state index contributed by atoms with van der Waals surface area (Å²) >= 11 is 0. The van der Waals surface area contributed by atoms with Crippen molar-refractivity contribution in [2.45, 2.75) is 0 Å². The fourth-order valence-corrected chi connectivity index (χ4v) is 2.49. The van der Waals surface area contributed by atoms with Crippen LogP contribution in [0.3, 0.4) is 0 Å². The maximum absolute atomic E-state index is 10.9. The summed E-state index contributed by atoms with van der Waals surface area (Å²) in [5, 5.41) is 19.3. The number of hydrogen-bond acceptors (Lipinski definition) is 5. The van der Waals surface area contributed by atoms with Gasteiger partial charge in [-0.25, -0.2) is 8.42 Å². The standard InChI is InChI=1S/C9H7NO2.C7H9NO3S/c11-7-3-1-2-6-4-5-8(12)10-9(6)7;1-12(10,11)8-6-4-2-3-5-7(6)9/h1-5,11H,(H,10,12);2-5,8-9H,1H3. The number of aromatic hydroxyl groups is 2. The summed E-state index contributed by atoms with van der Waals surface area (Å²) in [6.45, 7) is 0. The van der Waals surface area contributed by atoms with Gasteiger partial charge in [0.2, 0.25) is 15.6 Å². The molecular formula is C16H16N2O5S. The molecule has 8 heteroatoms. The monoisotopic (exact) mass is 348 g/mol. The van der Waals surface area contributed by atoms with Crippen LogP contribution in [-0.2, 0) is 10.0 Å². The van der Waals surface area contributed by atoms with Gasteiger partial charge in [0.25, 0.3) is 0 Å². The van der Waals surface area contributed by atoms with Gasteiger partial charge in [-0.15, -0.1) is 0 Å². The zero-order valence-electron chi connectivity index (χ0n) is 12.7. The molecule has 0 saturated heterocycles. The predicted octanol–water partition coefficient (Wildman–Crippen LogP) is 2.00. The highest BCUT2D eigenvalue weighted by atomic mass is 32.2. The van der Waals surface area contributed by atoms with Gasteiger partial charge in [0.1, 0.15) is 11.5 Å². The van der Waals surface area contributed by atoms with Gasteiger partial charge in [0.05, 0.1) is 17.5 Å². The van der Waals surface area contributed by atoms with E-state index in [0.717, 1.165) is 11.6 Å². The zero-order chi connectivity index (χ0) is 17.7. The lowest BCUT2D eigenvalue weighted by Crippen LogP contribution is -2.09. The molecule has 24 heavy (non-hydrogen) atoms. The van der Waals surface area contributed by atoms with Gasteiger partial charge in [0, 0.05) is 11.5 Å². The Kier molecular flexibility index (Phi) is 5.10. The molecule has 0 aliphatic heterocycles. The van der Waals surface area contributed by atoms with Crippen LogP contribution in [-0.4, -0.2) is 29.9 Å². The van der Waals surface area contributed by atoms with E-state index in [1.807, 2.05) is 6.07 Å². The minimum Gasteiger partial charge on any atom is -0.506 e. The molecule has 2 aromatic carbocycles. The Morgan fingerprint density at radius 3 is 2.25 bits per heavy atom. The van der Waals surface area contributed by atoms with Crippen LogP contribution < -0.4 is 10.3 Å². The number of benzene rings is 2. The van der Waals surface area contributed by atoms with Crippen molar-refractivity contribution in [1.29, 1.82) is 0 Å². The first-order valence-corrected chi connectivity index (χ1v) is 8.72. The number of fused-ring (bicyclic) bond motifs is 1. The Morgan fingerprint density at radius 2 is 1.58 bits per heavy atom. The Morgan fingerprint density at radius 1 is 0.917 bits per heavy atom. The number of anilines is 1. The summed E-state index contributed by atoms with van der Waals surface area (Å²) in [4.78, 5) is 13.4. The first-order chi connectivity index (χ1) is 11.3. The number of sulfonamides is 1. The Labute approximate surface area is 138 Å². The number of pyridine rings is 1. The number of nitrogens with one attached hydrogen (secondary N) is 2. The van der Waals surface area contributed by atoms with E-state index in [1.165, 1.54) is 24.3 Å². The van der Waals surface area contributed by atoms with Crippen LogP contribution >= 0.6 is 0 Å². The molecule has 0 aliphatic carbocycles. The largest absolute Gasteiger partial charge is 0.506 e. The van der Waals surface area contributed by atoms with Crippen molar-refractivity contribution in [2.75, 3.05) is 11.0 Å². The van der Waals surface area contributed by atoms with Crippen LogP contribution in [0.4, 0.5) is 5.69 Å². The number of H-pyrrole nitrogens is 1. The summed E-state index contributed by atoms with van der Waals surface area (Å²) in [6, 6.07) is 14.3. The van der Waals surface area contributed by atoms with E-state index in [4.69, 9.17) is 5.11 Å². The van der Waals surface area contributed by atoms with Crippen molar-refractivity contribution in [3.05, 3.63) is 65.0 Å². The second kappa shape index (κ2) is 7.05. The van der Waals surface area contributed by atoms with Crippen molar-refractivity contribution in [1.82, 2.24) is 4.98 Å². The molecule has 0 atom stereocenters. The molecule has 0 bridgehead atoms. The average Bonchev–Trinajstić information content (AvgIpc) is 2.50. The van der Waals surface area contributed by atoms with E-state index in [2.05, 4.69) is 9.71 Å². The lowest BCUT2D eigenvalue weighted by Gasteiger charge is -2.04. The predicted molar refractivity (Wildman–Crippen MR) is 92.8 cm³/mol. The van der Waals surface area contributed by atoms with Crippen LogP contribution in [0.1, 0.15) is 0 Å². The third-order valence-electron chi connectivity index (χ3n) is 2.94. The third-order valence-corrected chi connectivity index (χ3v) is 3.53. The number of para-hydroxylation sites is 3. The lowest BCUT2D eigenvalue weighted by atomic mass is 10.2. The van der Waals surface area contributed by atoms with Crippen LogP contribution in [0.2, 0.25) is 0 Å². The Balaban J connectivity index is 0.000000174. The van der Waals surface area contributed by atoms with Crippen LogP contribution in [0, 0.1) is 0 Å². The smallest absolute Gasteiger partial charge is 0.248 e. The van der Waals surface area contributed by atoms with E-state index in [9.17, 15) is 18.3 Å². The van der Waals surface area contributed by atoms with Gasteiger partial charge in [-0.2, -0.15) is 0 Å². The molecule has 0 unspecified atom stereocenters. The molecule has 3 aromatic rings. The topological polar surface area (TPSA) is 119 Å². The lowest BCUT2D eigenvalue weighted by molar-refractivity contribution is 0.477. The molecule has 0 saturated carbocycles. The number of aromatic amines is 1. The highest BCUT2D eigenvalue weighted by molar-refractivity contribution is 7.92. The number of hydrogen-bond donors (Lipinski definition) is 4. The van der Waals surface area contributed by atoms with E-state index in [1.54, 1.807) is 24.3 Å². The van der Waals surface area contributed by atoms with E-state index < -0.39 is 10.0 Å². The molecule has 3 rings (SSSR count). The third kappa shape index (κ3) is 4.75. The maximum atomic E-state index is 10.9. The van der Waals surface area contributed by atoms with Crippen molar-refractivity contribution >= 4 is 26.6 Å². The fourth-order valence-electron chi connectivity index (χ4n) is 1.92. The SMILES string of the molecule is CS(=O)(=O)Nc1ccccc1O.O=c1ccc2cccc(O)c2[nH]1. The molecule has 1 heterocycles. The molecule has 0 amide bonds. The summed E-state index contributed by atoms with van der Waals surface area (Å²) in [5.74, 6) is 0.0214. The number of phenols is 2. The summed E-state index contributed by atoms with van der Waals surface area (Å²) in [7, 11) is -3.31. The highest BCUT2D eigenvalue weighted by Gasteiger charge is 2.04. The minimum absolute atomic E-state index is 0.0806. The van der Waals surface area contributed by atoms with E-state index >= 15 is 0 Å². The average molecular weight is 348 g/mol. The quantitative estimate of drug-likeness (QED) is 0.528.